The van der Waals surface area contributed by atoms with Crippen LogP contribution in [0.5, 0.6) is 0 Å². The Hall–Kier alpha value is -1.63. The van der Waals surface area contributed by atoms with E-state index < -0.39 is 5.97 Å². The van der Waals surface area contributed by atoms with Gasteiger partial charge in [0.15, 0.2) is 16.6 Å². The van der Waals surface area contributed by atoms with Crippen molar-refractivity contribution in [1.82, 2.24) is 14.9 Å². The number of rotatable bonds is 3. The highest BCUT2D eigenvalue weighted by Gasteiger charge is 2.21. The van der Waals surface area contributed by atoms with E-state index in [1.807, 2.05) is 0 Å². The van der Waals surface area contributed by atoms with Crippen LogP contribution >= 0.6 is 12.2 Å². The van der Waals surface area contributed by atoms with Crippen LogP contribution in [0.2, 0.25) is 0 Å². The van der Waals surface area contributed by atoms with Gasteiger partial charge in [-0.25, -0.2) is 9.78 Å². The zero-order valence-corrected chi connectivity index (χ0v) is 11.1. The van der Waals surface area contributed by atoms with E-state index >= 15 is 0 Å². The molecule has 1 aromatic heterocycles. The lowest BCUT2D eigenvalue weighted by atomic mass is 10.4. The predicted molar refractivity (Wildman–Crippen MR) is 69.2 cm³/mol. The SMILES string of the molecule is CCOC(=O)c1c(NC(=S)NC)nc(C)n1C. The molecule has 0 bridgehead atoms. The van der Waals surface area contributed by atoms with Crippen LogP contribution < -0.4 is 10.6 Å². The summed E-state index contributed by atoms with van der Waals surface area (Å²) in [5.41, 5.74) is 0.363. The van der Waals surface area contributed by atoms with Gasteiger partial charge in [0.1, 0.15) is 5.82 Å². The molecule has 6 nitrogen and oxygen atoms in total. The maximum absolute atomic E-state index is 11.8. The Morgan fingerprint density at radius 2 is 2.24 bits per heavy atom. The molecule has 0 radical (unpaired) electrons. The summed E-state index contributed by atoms with van der Waals surface area (Å²) >= 11 is 4.98. The van der Waals surface area contributed by atoms with Crippen molar-refractivity contribution in [2.75, 3.05) is 19.0 Å². The van der Waals surface area contributed by atoms with Gasteiger partial charge in [-0.2, -0.15) is 0 Å². The monoisotopic (exact) mass is 256 g/mol. The van der Waals surface area contributed by atoms with E-state index in [2.05, 4.69) is 15.6 Å². The highest BCUT2D eigenvalue weighted by Crippen LogP contribution is 2.16. The normalized spacial score (nSPS) is 9.88. The minimum absolute atomic E-state index is 0.318. The summed E-state index contributed by atoms with van der Waals surface area (Å²) in [5, 5.41) is 6.00. The van der Waals surface area contributed by atoms with E-state index in [1.165, 1.54) is 0 Å². The summed E-state index contributed by atoms with van der Waals surface area (Å²) in [6, 6.07) is 0. The first-order valence-electron chi connectivity index (χ1n) is 5.20. The largest absolute Gasteiger partial charge is 0.461 e. The number of imidazole rings is 1. The number of esters is 1. The lowest BCUT2D eigenvalue weighted by molar-refractivity contribution is 0.0516. The van der Waals surface area contributed by atoms with Gasteiger partial charge in [-0.05, 0) is 26.1 Å². The second-order valence-corrected chi connectivity index (χ2v) is 3.75. The number of aromatic nitrogens is 2. The lowest BCUT2D eigenvalue weighted by Crippen LogP contribution is -2.25. The van der Waals surface area contributed by atoms with Gasteiger partial charge in [-0.3, -0.25) is 0 Å². The fraction of sp³-hybridized carbons (Fsp3) is 0.500. The van der Waals surface area contributed by atoms with Gasteiger partial charge < -0.3 is 19.9 Å². The third kappa shape index (κ3) is 2.94. The molecule has 0 aromatic carbocycles. The maximum Gasteiger partial charge on any atom is 0.358 e. The lowest BCUT2D eigenvalue weighted by Gasteiger charge is -2.07. The molecule has 0 saturated carbocycles. The third-order valence-electron chi connectivity index (χ3n) is 2.25. The number of ether oxygens (including phenoxy) is 1. The van der Waals surface area contributed by atoms with Crippen LogP contribution in [0.15, 0.2) is 0 Å². The van der Waals surface area contributed by atoms with Gasteiger partial charge in [-0.1, -0.05) is 0 Å². The molecule has 0 amide bonds. The maximum atomic E-state index is 11.8. The Balaban J connectivity index is 3.08. The number of hydrogen-bond donors (Lipinski definition) is 2. The Morgan fingerprint density at radius 1 is 1.59 bits per heavy atom. The molecule has 0 atom stereocenters. The van der Waals surface area contributed by atoms with Crippen LogP contribution in [-0.4, -0.2) is 34.3 Å². The first kappa shape index (κ1) is 13.4. The number of aryl methyl sites for hydroxylation is 1. The average Bonchev–Trinajstić information content (AvgIpc) is 2.54. The third-order valence-corrected chi connectivity index (χ3v) is 2.55. The molecule has 0 aliphatic rings. The number of nitrogens with one attached hydrogen (secondary N) is 2. The second kappa shape index (κ2) is 5.62. The van der Waals surface area contributed by atoms with E-state index in [4.69, 9.17) is 17.0 Å². The molecule has 0 aliphatic carbocycles. The molecule has 1 aromatic rings. The summed E-state index contributed by atoms with van der Waals surface area (Å²) < 4.78 is 6.64. The summed E-state index contributed by atoms with van der Waals surface area (Å²) in [4.78, 5) is 16.0. The number of thiocarbonyl (C=S) groups is 1. The quantitative estimate of drug-likeness (QED) is 0.616. The molecule has 0 unspecified atom stereocenters. The molecule has 0 spiro atoms. The van der Waals surface area contributed by atoms with Crippen molar-refractivity contribution in [3.63, 3.8) is 0 Å². The van der Waals surface area contributed by atoms with Crippen LogP contribution in [0.1, 0.15) is 23.2 Å². The van der Waals surface area contributed by atoms with Crippen LogP contribution in [0.4, 0.5) is 5.82 Å². The zero-order chi connectivity index (χ0) is 13.0. The first-order valence-corrected chi connectivity index (χ1v) is 5.61. The molecule has 1 heterocycles. The predicted octanol–water partition coefficient (Wildman–Crippen LogP) is 0.821. The minimum Gasteiger partial charge on any atom is -0.461 e. The van der Waals surface area contributed by atoms with Gasteiger partial charge in [0, 0.05) is 14.1 Å². The number of nitrogens with zero attached hydrogens (tertiary/aromatic N) is 2. The number of anilines is 1. The molecule has 0 aliphatic heterocycles. The zero-order valence-electron chi connectivity index (χ0n) is 10.3. The van der Waals surface area contributed by atoms with Crippen molar-refractivity contribution in [1.29, 1.82) is 0 Å². The molecule has 0 fully saturated rings. The summed E-state index contributed by atoms with van der Waals surface area (Å²) in [7, 11) is 3.44. The molecule has 7 heteroatoms. The molecule has 94 valence electrons. The van der Waals surface area contributed by atoms with E-state index in [-0.39, 0.29) is 0 Å². The van der Waals surface area contributed by atoms with Gasteiger partial charge >= 0.3 is 5.97 Å². The summed E-state index contributed by atoms with van der Waals surface area (Å²) in [6.07, 6.45) is 0. The van der Waals surface area contributed by atoms with Crippen LogP contribution in [0, 0.1) is 6.92 Å². The Labute approximate surface area is 105 Å². The van der Waals surface area contributed by atoms with Crippen molar-refractivity contribution in [2.45, 2.75) is 13.8 Å². The second-order valence-electron chi connectivity index (χ2n) is 3.34. The topological polar surface area (TPSA) is 68.2 Å². The van der Waals surface area contributed by atoms with Crippen LogP contribution in [0.3, 0.4) is 0 Å². The van der Waals surface area contributed by atoms with Gasteiger partial charge in [-0.15, -0.1) is 0 Å². The van der Waals surface area contributed by atoms with Gasteiger partial charge in [0.25, 0.3) is 0 Å². The standard InChI is InChI=1S/C10H16N4O2S/c1-5-16-9(15)7-8(13-10(17)11-3)12-6(2)14(7)4/h5H2,1-4H3,(H2,11,13,17). The number of carbonyl (C=O) groups excluding carboxylic acids is 1. The van der Waals surface area contributed by atoms with Crippen molar-refractivity contribution in [2.24, 2.45) is 7.05 Å². The smallest absolute Gasteiger partial charge is 0.358 e. The van der Waals surface area contributed by atoms with E-state index in [0.717, 1.165) is 0 Å². The molecule has 0 saturated heterocycles. The van der Waals surface area contributed by atoms with Gasteiger partial charge in [0.05, 0.1) is 6.61 Å². The molecule has 1 rings (SSSR count). The Bertz CT molecular complexity index is 442. The fourth-order valence-electron chi connectivity index (χ4n) is 1.30. The molecule has 17 heavy (non-hydrogen) atoms. The molecular formula is C10H16N4O2S. The van der Waals surface area contributed by atoms with E-state index in [1.54, 1.807) is 32.5 Å². The Morgan fingerprint density at radius 3 is 2.76 bits per heavy atom. The van der Waals surface area contributed by atoms with E-state index in [0.29, 0.717) is 29.1 Å². The van der Waals surface area contributed by atoms with Crippen molar-refractivity contribution >= 4 is 29.1 Å². The molecule has 2 N–H and O–H groups in total. The average molecular weight is 256 g/mol. The fourth-order valence-corrected chi connectivity index (χ4v) is 1.40. The van der Waals surface area contributed by atoms with Crippen molar-refractivity contribution in [3.05, 3.63) is 11.5 Å². The van der Waals surface area contributed by atoms with Crippen LogP contribution in [0.25, 0.3) is 0 Å². The highest BCUT2D eigenvalue weighted by atomic mass is 32.1. The Kier molecular flexibility index (Phi) is 4.45. The number of carbonyl (C=O) groups is 1. The minimum atomic E-state index is -0.419. The highest BCUT2D eigenvalue weighted by molar-refractivity contribution is 7.80. The summed E-state index contributed by atoms with van der Waals surface area (Å²) in [6.45, 7) is 3.88. The van der Waals surface area contributed by atoms with E-state index in [9.17, 15) is 4.79 Å². The number of hydrogen-bond acceptors (Lipinski definition) is 4. The van der Waals surface area contributed by atoms with Gasteiger partial charge in [0.2, 0.25) is 0 Å². The summed E-state index contributed by atoms with van der Waals surface area (Å²) in [5.74, 6) is 0.689. The van der Waals surface area contributed by atoms with Crippen LogP contribution in [-0.2, 0) is 11.8 Å². The van der Waals surface area contributed by atoms with Crippen molar-refractivity contribution in [3.8, 4) is 0 Å². The van der Waals surface area contributed by atoms with Crippen molar-refractivity contribution < 1.29 is 9.53 Å². The first-order chi connectivity index (χ1) is 8.01. The molecular weight excluding hydrogens is 240 g/mol.